The molecular weight excluding hydrogens is 238 g/mol. The van der Waals surface area contributed by atoms with Crippen LogP contribution in [0.15, 0.2) is 16.7 Å². The molecule has 6 heteroatoms. The maximum absolute atomic E-state index is 11.9. The number of furan rings is 1. The van der Waals surface area contributed by atoms with Crippen LogP contribution in [0.25, 0.3) is 0 Å². The lowest BCUT2D eigenvalue weighted by atomic mass is 9.92. The van der Waals surface area contributed by atoms with Crippen molar-refractivity contribution in [1.82, 2.24) is 4.90 Å². The van der Waals surface area contributed by atoms with E-state index in [1.165, 1.54) is 6.07 Å². The summed E-state index contributed by atoms with van der Waals surface area (Å²) in [5.41, 5.74) is -0.692. The molecule has 0 aliphatic carbocycles. The van der Waals surface area contributed by atoms with Crippen LogP contribution in [0, 0.1) is 5.41 Å². The van der Waals surface area contributed by atoms with Crippen LogP contribution in [0.1, 0.15) is 36.4 Å². The summed E-state index contributed by atoms with van der Waals surface area (Å²) in [6.07, 6.45) is 1.26. The third-order valence-corrected chi connectivity index (χ3v) is 2.93. The van der Waals surface area contributed by atoms with E-state index in [0.29, 0.717) is 0 Å². The van der Waals surface area contributed by atoms with E-state index in [0.717, 1.165) is 11.2 Å². The number of rotatable bonds is 3. The van der Waals surface area contributed by atoms with Crippen molar-refractivity contribution in [2.45, 2.75) is 26.8 Å². The van der Waals surface area contributed by atoms with Gasteiger partial charge in [0, 0.05) is 6.42 Å². The molecule has 0 spiro atoms. The Morgan fingerprint density at radius 1 is 1.50 bits per heavy atom. The predicted octanol–water partition coefficient (Wildman–Crippen LogP) is 1.26. The molecule has 2 heterocycles. The number of hydrogen-bond donors (Lipinski definition) is 1. The second kappa shape index (κ2) is 3.97. The minimum atomic E-state index is -1.11. The number of carboxylic acid groups (broad SMARTS) is 1. The summed E-state index contributed by atoms with van der Waals surface area (Å²) in [7, 11) is 0. The van der Waals surface area contributed by atoms with Gasteiger partial charge in [-0.1, -0.05) is 13.8 Å². The summed E-state index contributed by atoms with van der Waals surface area (Å²) >= 11 is 0. The van der Waals surface area contributed by atoms with Gasteiger partial charge in [0.2, 0.25) is 11.8 Å². The molecule has 1 aliphatic heterocycles. The number of likely N-dealkylation sites (tertiary alicyclic amines) is 1. The Kier molecular flexibility index (Phi) is 2.73. The summed E-state index contributed by atoms with van der Waals surface area (Å²) in [4.78, 5) is 35.4. The van der Waals surface area contributed by atoms with E-state index in [1.807, 2.05) is 0 Å². The molecule has 0 aromatic carbocycles. The number of amides is 2. The fourth-order valence-electron chi connectivity index (χ4n) is 1.92. The zero-order valence-electron chi connectivity index (χ0n) is 10.1. The highest BCUT2D eigenvalue weighted by Crippen LogP contribution is 2.32. The molecule has 0 unspecified atom stereocenters. The third-order valence-electron chi connectivity index (χ3n) is 2.93. The van der Waals surface area contributed by atoms with E-state index in [1.54, 1.807) is 13.8 Å². The molecule has 1 saturated heterocycles. The van der Waals surface area contributed by atoms with Crippen LogP contribution >= 0.6 is 0 Å². The van der Waals surface area contributed by atoms with Gasteiger partial charge in [0.05, 0.1) is 17.5 Å². The number of hydrogen-bond acceptors (Lipinski definition) is 4. The first-order valence-corrected chi connectivity index (χ1v) is 5.47. The normalized spacial score (nSPS) is 18.4. The maximum atomic E-state index is 11.9. The first kappa shape index (κ1) is 12.3. The van der Waals surface area contributed by atoms with Gasteiger partial charge in [0.15, 0.2) is 0 Å². The Bertz CT molecular complexity index is 528. The van der Waals surface area contributed by atoms with Crippen molar-refractivity contribution in [1.29, 1.82) is 0 Å². The van der Waals surface area contributed by atoms with Gasteiger partial charge in [-0.2, -0.15) is 0 Å². The number of carboxylic acids is 1. The molecule has 1 aliphatic rings. The Labute approximate surface area is 103 Å². The SMILES string of the molecule is CC1(C)CC(=O)N(Cc2cc(C(=O)O)co2)C1=O. The van der Waals surface area contributed by atoms with Crippen LogP contribution in [0.2, 0.25) is 0 Å². The molecule has 1 fully saturated rings. The van der Waals surface area contributed by atoms with Crippen LogP contribution < -0.4 is 0 Å². The van der Waals surface area contributed by atoms with E-state index in [4.69, 9.17) is 9.52 Å². The number of carbonyl (C=O) groups is 3. The minimum Gasteiger partial charge on any atom is -0.478 e. The average Bonchev–Trinajstić information content (AvgIpc) is 2.78. The topological polar surface area (TPSA) is 87.8 Å². The maximum Gasteiger partial charge on any atom is 0.338 e. The second-order valence-electron chi connectivity index (χ2n) is 4.95. The summed E-state index contributed by atoms with van der Waals surface area (Å²) in [6, 6.07) is 1.31. The lowest BCUT2D eigenvalue weighted by Crippen LogP contribution is -2.32. The van der Waals surface area contributed by atoms with E-state index < -0.39 is 11.4 Å². The van der Waals surface area contributed by atoms with Crippen molar-refractivity contribution in [3.63, 3.8) is 0 Å². The molecular formula is C12H13NO5. The molecule has 0 saturated carbocycles. The molecule has 0 atom stereocenters. The average molecular weight is 251 g/mol. The molecule has 1 aromatic heterocycles. The van der Waals surface area contributed by atoms with Gasteiger partial charge < -0.3 is 9.52 Å². The zero-order chi connectivity index (χ0) is 13.5. The first-order chi connectivity index (χ1) is 8.31. The van der Waals surface area contributed by atoms with Crippen molar-refractivity contribution in [3.8, 4) is 0 Å². The molecule has 0 radical (unpaired) electrons. The Morgan fingerprint density at radius 3 is 2.61 bits per heavy atom. The summed E-state index contributed by atoms with van der Waals surface area (Å²) < 4.78 is 5.03. The Balaban J connectivity index is 2.16. The second-order valence-corrected chi connectivity index (χ2v) is 4.95. The van der Waals surface area contributed by atoms with Gasteiger partial charge in [-0.25, -0.2) is 4.79 Å². The van der Waals surface area contributed by atoms with Gasteiger partial charge in [0.1, 0.15) is 12.0 Å². The van der Waals surface area contributed by atoms with E-state index in [-0.39, 0.29) is 36.1 Å². The highest BCUT2D eigenvalue weighted by molar-refractivity contribution is 6.05. The summed E-state index contributed by atoms with van der Waals surface area (Å²) in [6.45, 7) is 3.39. The lowest BCUT2D eigenvalue weighted by molar-refractivity contribution is -0.141. The van der Waals surface area contributed by atoms with Gasteiger partial charge in [-0.15, -0.1) is 0 Å². The predicted molar refractivity (Wildman–Crippen MR) is 59.6 cm³/mol. The fraction of sp³-hybridized carbons (Fsp3) is 0.417. The molecule has 0 bridgehead atoms. The fourth-order valence-corrected chi connectivity index (χ4v) is 1.92. The van der Waals surface area contributed by atoms with Crippen LogP contribution in [-0.4, -0.2) is 27.8 Å². The monoisotopic (exact) mass is 251 g/mol. The molecule has 2 amide bonds. The van der Waals surface area contributed by atoms with Crippen LogP contribution in [-0.2, 0) is 16.1 Å². The Hall–Kier alpha value is -2.11. The van der Waals surface area contributed by atoms with Gasteiger partial charge in [-0.3, -0.25) is 14.5 Å². The highest BCUT2D eigenvalue weighted by Gasteiger charge is 2.44. The zero-order valence-corrected chi connectivity index (χ0v) is 10.1. The first-order valence-electron chi connectivity index (χ1n) is 5.47. The van der Waals surface area contributed by atoms with Crippen molar-refractivity contribution in [2.24, 2.45) is 5.41 Å². The van der Waals surface area contributed by atoms with Crippen molar-refractivity contribution in [2.75, 3.05) is 0 Å². The molecule has 96 valence electrons. The standard InChI is InChI=1S/C12H13NO5/c1-12(2)4-9(14)13(11(12)17)5-8-3-7(6-18-8)10(15)16/h3,6H,4-5H2,1-2H3,(H,15,16). The number of aromatic carboxylic acids is 1. The van der Waals surface area contributed by atoms with E-state index >= 15 is 0 Å². The van der Waals surface area contributed by atoms with Crippen LogP contribution in [0.3, 0.4) is 0 Å². The van der Waals surface area contributed by atoms with Crippen molar-refractivity contribution < 1.29 is 23.9 Å². The minimum absolute atomic E-state index is 0.00311. The smallest absolute Gasteiger partial charge is 0.338 e. The summed E-state index contributed by atoms with van der Waals surface area (Å²) in [5.74, 6) is -1.35. The van der Waals surface area contributed by atoms with E-state index in [2.05, 4.69) is 0 Å². The van der Waals surface area contributed by atoms with Crippen molar-refractivity contribution in [3.05, 3.63) is 23.7 Å². The number of imide groups is 1. The largest absolute Gasteiger partial charge is 0.478 e. The molecule has 1 N–H and O–H groups in total. The Morgan fingerprint density at radius 2 is 2.17 bits per heavy atom. The molecule has 18 heavy (non-hydrogen) atoms. The van der Waals surface area contributed by atoms with Gasteiger partial charge in [-0.05, 0) is 6.07 Å². The molecule has 1 aromatic rings. The van der Waals surface area contributed by atoms with E-state index in [9.17, 15) is 14.4 Å². The van der Waals surface area contributed by atoms with Crippen LogP contribution in [0.4, 0.5) is 0 Å². The van der Waals surface area contributed by atoms with Gasteiger partial charge >= 0.3 is 5.97 Å². The van der Waals surface area contributed by atoms with Crippen molar-refractivity contribution >= 4 is 17.8 Å². The number of nitrogens with zero attached hydrogens (tertiary/aromatic N) is 1. The number of carbonyl (C=O) groups excluding carboxylic acids is 2. The summed E-state index contributed by atoms with van der Waals surface area (Å²) in [5, 5.41) is 8.74. The highest BCUT2D eigenvalue weighted by atomic mass is 16.4. The lowest BCUT2D eigenvalue weighted by Gasteiger charge is -2.16. The third kappa shape index (κ3) is 2.01. The molecule has 6 nitrogen and oxygen atoms in total. The molecule has 2 rings (SSSR count). The van der Waals surface area contributed by atoms with Crippen LogP contribution in [0.5, 0.6) is 0 Å². The quantitative estimate of drug-likeness (QED) is 0.817. The van der Waals surface area contributed by atoms with Gasteiger partial charge in [0.25, 0.3) is 0 Å².